The van der Waals surface area contributed by atoms with Gasteiger partial charge in [-0.3, -0.25) is 9.69 Å². The van der Waals surface area contributed by atoms with Gasteiger partial charge in [0.05, 0.1) is 42.3 Å². The number of nitrogens with one attached hydrogen (secondary N) is 2. The zero-order valence-corrected chi connectivity index (χ0v) is 24.0. The first-order chi connectivity index (χ1) is 19.6. The Morgan fingerprint density at radius 2 is 2.08 bits per heavy atom. The monoisotopic (exact) mass is 597 g/mol. The molecule has 1 aliphatic heterocycles. The average Bonchev–Trinajstić information content (AvgIpc) is 3.48. The summed E-state index contributed by atoms with van der Waals surface area (Å²) in [4.78, 5) is 28.7. The van der Waals surface area contributed by atoms with E-state index in [1.165, 1.54) is 18.3 Å². The first kappa shape index (κ1) is 28.3. The number of rotatable bonds is 12. The van der Waals surface area contributed by atoms with Gasteiger partial charge in [0.15, 0.2) is 0 Å². The number of benzene rings is 1. The number of aromatic nitrogens is 6. The van der Waals surface area contributed by atoms with Crippen molar-refractivity contribution in [2.45, 2.75) is 11.3 Å². The Kier molecular flexibility index (Phi) is 10.2. The predicted molar refractivity (Wildman–Crippen MR) is 160 cm³/mol. The SMILES string of the molecule is O=C(C=CCSCCCN1CCOCC1)Nc1cc2c(Nc3ccc(Sn4ccnn4)c(Cl)c3)ncnc2cn1. The van der Waals surface area contributed by atoms with Crippen molar-refractivity contribution in [1.82, 2.24) is 34.3 Å². The second-order valence-electron chi connectivity index (χ2n) is 8.75. The molecule has 0 aliphatic carbocycles. The van der Waals surface area contributed by atoms with E-state index in [1.54, 1.807) is 34.8 Å². The number of halogens is 1. The number of hydrogen-bond acceptors (Lipinski definition) is 11. The van der Waals surface area contributed by atoms with Crippen molar-refractivity contribution in [2.24, 2.45) is 0 Å². The molecule has 0 radical (unpaired) electrons. The van der Waals surface area contributed by atoms with Crippen LogP contribution < -0.4 is 10.6 Å². The van der Waals surface area contributed by atoms with E-state index >= 15 is 0 Å². The van der Waals surface area contributed by atoms with Crippen LogP contribution in [0.3, 0.4) is 0 Å². The summed E-state index contributed by atoms with van der Waals surface area (Å²) in [5.41, 5.74) is 1.39. The molecular weight excluding hydrogens is 570 g/mol. The van der Waals surface area contributed by atoms with Crippen LogP contribution in [0.4, 0.5) is 17.3 Å². The van der Waals surface area contributed by atoms with E-state index in [0.717, 1.165) is 61.4 Å². The van der Waals surface area contributed by atoms with E-state index in [4.69, 9.17) is 16.3 Å². The van der Waals surface area contributed by atoms with Crippen LogP contribution >= 0.6 is 35.3 Å². The number of morpholine rings is 1. The smallest absolute Gasteiger partial charge is 0.249 e. The van der Waals surface area contributed by atoms with Crippen molar-refractivity contribution >= 4 is 69.4 Å². The lowest BCUT2D eigenvalue weighted by molar-refractivity contribution is -0.111. The summed E-state index contributed by atoms with van der Waals surface area (Å²) in [7, 11) is 0. The van der Waals surface area contributed by atoms with E-state index < -0.39 is 0 Å². The summed E-state index contributed by atoms with van der Waals surface area (Å²) in [6.45, 7) is 4.79. The molecule has 3 aromatic heterocycles. The minimum atomic E-state index is -0.237. The van der Waals surface area contributed by atoms with Gasteiger partial charge in [-0.25, -0.2) is 15.0 Å². The third-order valence-electron chi connectivity index (χ3n) is 5.91. The highest BCUT2D eigenvalue weighted by atomic mass is 35.5. The number of thioether (sulfide) groups is 1. The Hall–Kier alpha value is -3.23. The highest BCUT2D eigenvalue weighted by Crippen LogP contribution is 2.32. The van der Waals surface area contributed by atoms with Crippen LogP contribution in [0.15, 0.2) is 66.2 Å². The van der Waals surface area contributed by atoms with Gasteiger partial charge in [-0.15, -0.1) is 5.10 Å². The predicted octanol–water partition coefficient (Wildman–Crippen LogP) is 4.52. The molecule has 0 unspecified atom stereocenters. The van der Waals surface area contributed by atoms with E-state index in [9.17, 15) is 4.79 Å². The van der Waals surface area contributed by atoms with Gasteiger partial charge in [0.1, 0.15) is 18.0 Å². The maximum Gasteiger partial charge on any atom is 0.249 e. The molecule has 1 amide bonds. The Labute approximate surface area is 245 Å². The zero-order chi connectivity index (χ0) is 27.6. The second-order valence-corrected chi connectivity index (χ2v) is 11.3. The van der Waals surface area contributed by atoms with Crippen molar-refractivity contribution in [3.63, 3.8) is 0 Å². The summed E-state index contributed by atoms with van der Waals surface area (Å²) >= 11 is 9.67. The van der Waals surface area contributed by atoms with Gasteiger partial charge in [-0.05, 0) is 43.0 Å². The van der Waals surface area contributed by atoms with Gasteiger partial charge in [0.25, 0.3) is 0 Å². The minimum absolute atomic E-state index is 0.237. The Bertz CT molecular complexity index is 1450. The molecule has 1 aromatic carbocycles. The summed E-state index contributed by atoms with van der Waals surface area (Å²) in [6, 6.07) is 7.35. The van der Waals surface area contributed by atoms with Crippen LogP contribution in [0.1, 0.15) is 6.42 Å². The number of nitrogens with zero attached hydrogens (tertiary/aromatic N) is 7. The van der Waals surface area contributed by atoms with Gasteiger partial charge >= 0.3 is 0 Å². The van der Waals surface area contributed by atoms with Crippen LogP contribution in [0, 0.1) is 0 Å². The van der Waals surface area contributed by atoms with Crippen molar-refractivity contribution in [3.05, 3.63) is 66.4 Å². The zero-order valence-electron chi connectivity index (χ0n) is 21.6. The maximum atomic E-state index is 12.5. The molecule has 0 atom stereocenters. The van der Waals surface area contributed by atoms with Crippen LogP contribution in [0.25, 0.3) is 10.9 Å². The average molecular weight is 598 g/mol. The summed E-state index contributed by atoms with van der Waals surface area (Å²) in [5, 5.41) is 15.1. The Balaban J connectivity index is 1.14. The second kappa shape index (κ2) is 14.4. The quantitative estimate of drug-likeness (QED) is 0.177. The molecule has 1 aliphatic rings. The molecule has 208 valence electrons. The van der Waals surface area contributed by atoms with Crippen molar-refractivity contribution in [3.8, 4) is 0 Å². The lowest BCUT2D eigenvalue weighted by Gasteiger charge is -2.26. The molecule has 4 heterocycles. The summed E-state index contributed by atoms with van der Waals surface area (Å²) < 4.78 is 7.00. The first-order valence-electron chi connectivity index (χ1n) is 12.7. The van der Waals surface area contributed by atoms with Gasteiger partial charge in [-0.1, -0.05) is 22.9 Å². The number of carbonyl (C=O) groups is 1. The largest absolute Gasteiger partial charge is 0.379 e. The number of anilines is 3. The molecule has 1 fully saturated rings. The molecule has 40 heavy (non-hydrogen) atoms. The van der Waals surface area contributed by atoms with E-state index in [2.05, 4.69) is 40.8 Å². The molecule has 0 bridgehead atoms. The highest BCUT2D eigenvalue weighted by molar-refractivity contribution is 7.99. The fourth-order valence-corrected chi connectivity index (χ4v) is 5.64. The van der Waals surface area contributed by atoms with Gasteiger partial charge in [-0.2, -0.15) is 15.8 Å². The van der Waals surface area contributed by atoms with Crippen LogP contribution in [-0.2, 0) is 9.53 Å². The van der Waals surface area contributed by atoms with Crippen molar-refractivity contribution in [1.29, 1.82) is 0 Å². The molecule has 14 heteroatoms. The number of amides is 1. The van der Waals surface area contributed by atoms with Gasteiger partial charge in [0, 0.05) is 52.8 Å². The van der Waals surface area contributed by atoms with Crippen molar-refractivity contribution < 1.29 is 9.53 Å². The van der Waals surface area contributed by atoms with Gasteiger partial charge < -0.3 is 15.4 Å². The molecule has 1 saturated heterocycles. The highest BCUT2D eigenvalue weighted by Gasteiger charge is 2.11. The fraction of sp³-hybridized carbons (Fsp3) is 0.308. The topological polar surface area (TPSA) is 123 Å². The van der Waals surface area contributed by atoms with E-state index in [1.807, 2.05) is 36.0 Å². The lowest BCUT2D eigenvalue weighted by atomic mass is 10.2. The van der Waals surface area contributed by atoms with E-state index in [0.29, 0.717) is 27.6 Å². The van der Waals surface area contributed by atoms with Gasteiger partial charge in [0.2, 0.25) is 5.91 Å². The van der Waals surface area contributed by atoms with Crippen LogP contribution in [0.2, 0.25) is 5.02 Å². The fourth-order valence-electron chi connectivity index (χ4n) is 3.95. The number of pyridine rings is 1. The summed E-state index contributed by atoms with van der Waals surface area (Å²) in [6.07, 6.45) is 11.0. The molecule has 2 N–H and O–H groups in total. The third-order valence-corrected chi connectivity index (χ3v) is 8.27. The molecule has 0 spiro atoms. The number of fused-ring (bicyclic) bond motifs is 1. The molecule has 0 saturated carbocycles. The lowest BCUT2D eigenvalue weighted by Crippen LogP contribution is -2.36. The first-order valence-corrected chi connectivity index (χ1v) is 15.0. The molecule has 4 aromatic rings. The van der Waals surface area contributed by atoms with Crippen LogP contribution in [0.5, 0.6) is 0 Å². The third kappa shape index (κ3) is 8.15. The Morgan fingerprint density at radius 1 is 1.18 bits per heavy atom. The van der Waals surface area contributed by atoms with Crippen LogP contribution in [-0.4, -0.2) is 84.5 Å². The van der Waals surface area contributed by atoms with E-state index in [-0.39, 0.29) is 5.91 Å². The Morgan fingerprint density at radius 3 is 2.90 bits per heavy atom. The summed E-state index contributed by atoms with van der Waals surface area (Å²) in [5.74, 6) is 2.58. The number of carbonyl (C=O) groups excluding carboxylic acids is 1. The maximum absolute atomic E-state index is 12.5. The number of hydrogen-bond donors (Lipinski definition) is 2. The number of ether oxygens (including phenoxy) is 1. The standard InChI is InChI=1S/C26H28ClN9O2S2/c27-21-15-19(4-5-23(21)40-36-8-6-31-34-36)32-26-20-16-24(28-17-22(20)29-18-30-26)33-25(37)3-1-13-39-14-2-7-35-9-11-38-12-10-35/h1,3-6,8,15-18H,2,7,9-14H2,(H,28,33,37)(H,29,30,32). The molecule has 5 rings (SSSR count). The molecule has 11 nitrogen and oxygen atoms in total. The normalized spacial score (nSPS) is 14.1. The molecular formula is C26H28ClN9O2S2. The van der Waals surface area contributed by atoms with Crippen molar-refractivity contribution in [2.75, 3.05) is 55.0 Å². The minimum Gasteiger partial charge on any atom is -0.379 e.